The summed E-state index contributed by atoms with van der Waals surface area (Å²) in [5.41, 5.74) is 8.04. The van der Waals surface area contributed by atoms with Crippen molar-refractivity contribution >= 4 is 29.8 Å². The molecule has 0 spiro atoms. The van der Waals surface area contributed by atoms with Gasteiger partial charge >= 0.3 is 29.8 Å². The highest BCUT2D eigenvalue weighted by Gasteiger charge is 2.41. The topological polar surface area (TPSA) is 233 Å². The van der Waals surface area contributed by atoms with Gasteiger partial charge in [0.05, 0.1) is 0 Å². The van der Waals surface area contributed by atoms with Crippen LogP contribution in [0.4, 0.5) is 0 Å². The molecule has 1 unspecified atom stereocenters. The number of hydrogen-bond acceptors (Lipinski definition) is 15. The fraction of sp³-hybridized carbons (Fsp3) is 0.533. The quantitative estimate of drug-likeness (QED) is 0.0286. The lowest BCUT2D eigenvalue weighted by Crippen LogP contribution is -2.50. The van der Waals surface area contributed by atoms with Crippen molar-refractivity contribution in [2.45, 2.75) is 248 Å². The number of phenolic OH excluding ortho intramolecular Hbond substituents is 5. The van der Waals surface area contributed by atoms with Gasteiger partial charge in [-0.15, -0.1) is 0 Å². The first-order valence-corrected chi connectivity index (χ1v) is 31.5. The van der Waals surface area contributed by atoms with Crippen LogP contribution in [0.15, 0.2) is 60.7 Å². The van der Waals surface area contributed by atoms with Gasteiger partial charge in [0, 0.05) is 32.1 Å². The maximum absolute atomic E-state index is 14.7. The lowest BCUT2D eigenvalue weighted by molar-refractivity contribution is -0.197. The summed E-state index contributed by atoms with van der Waals surface area (Å²) in [6.07, 6.45) is -5.33. The molecule has 0 aliphatic rings. The average molecular weight is 1240 g/mol. The van der Waals surface area contributed by atoms with Gasteiger partial charge in [-0.1, -0.05) is 165 Å². The van der Waals surface area contributed by atoms with Gasteiger partial charge in [0.15, 0.2) is 18.3 Å². The highest BCUT2D eigenvalue weighted by molar-refractivity contribution is 5.74. The SMILES string of the molecule is Cc1cc(CCC(=O)OC[C@H](OC(=O)CCc2cc(C)c(O)c(C(C)(C)C)c2)C(OC(=O)CCc2cc(C)c(O)c(C(C)(C)C)c2)[C@@H](COC(=O)CCc2cc(C)c(O)c(C(C)(C)C)c2)OC(=O)CCc2cc(C)c(O)c(C(C)(C)C)c2)cc(C(C)(C)C)c1O. The van der Waals surface area contributed by atoms with Gasteiger partial charge in [-0.3, -0.25) is 24.0 Å². The molecule has 0 aromatic heterocycles. The maximum atomic E-state index is 14.7. The summed E-state index contributed by atoms with van der Waals surface area (Å²) in [5.74, 6) is -3.12. The van der Waals surface area contributed by atoms with Gasteiger partial charge in [-0.2, -0.15) is 0 Å². The van der Waals surface area contributed by atoms with Crippen molar-refractivity contribution in [2.24, 2.45) is 0 Å². The third-order valence-electron chi connectivity index (χ3n) is 16.3. The van der Waals surface area contributed by atoms with Gasteiger partial charge in [-0.25, -0.2) is 0 Å². The summed E-state index contributed by atoms with van der Waals surface area (Å²) in [6, 6.07) is 18.1. The Morgan fingerprint density at radius 1 is 0.311 bits per heavy atom. The van der Waals surface area contributed by atoms with E-state index in [-0.39, 0.29) is 93.0 Å². The van der Waals surface area contributed by atoms with E-state index in [0.717, 1.165) is 22.3 Å². The lowest BCUT2D eigenvalue weighted by atomic mass is 9.83. The van der Waals surface area contributed by atoms with E-state index in [4.69, 9.17) is 23.7 Å². The van der Waals surface area contributed by atoms with E-state index in [2.05, 4.69) is 0 Å². The van der Waals surface area contributed by atoms with Gasteiger partial charge in [0.25, 0.3) is 0 Å². The molecule has 5 rings (SSSR count). The zero-order chi connectivity index (χ0) is 67.8. The molecule has 15 nitrogen and oxygen atoms in total. The monoisotopic (exact) mass is 1240 g/mol. The summed E-state index contributed by atoms with van der Waals surface area (Å²) in [6.45, 7) is 37.0. The zero-order valence-electron chi connectivity index (χ0n) is 57.3. The standard InChI is InChI=1S/C75H102O15/c1-43-31-48(36-53(65(43)81)71(6,7)8)21-26-60(76)86-41-58(88-62(78)28-23-50-33-45(3)67(83)55(38-50)73(12,13)14)70(90-64(80)30-25-52-35-47(5)69(85)57(40-52)75(18,19)20)59(89-63(79)29-24-51-34-46(4)68(84)56(39-51)74(15,16)17)42-87-61(77)27-22-49-32-44(2)66(82)54(37-49)72(9,10)11/h31-40,58-59,70,81-85H,21-30,41-42H2,1-20H3/t58-,59+,70?. The van der Waals surface area contributed by atoms with E-state index in [9.17, 15) is 49.5 Å². The zero-order valence-corrected chi connectivity index (χ0v) is 57.3. The molecule has 492 valence electrons. The molecule has 15 heteroatoms. The Morgan fingerprint density at radius 3 is 0.700 bits per heavy atom. The van der Waals surface area contributed by atoms with Crippen LogP contribution >= 0.6 is 0 Å². The van der Waals surface area contributed by atoms with Crippen LogP contribution in [0.25, 0.3) is 0 Å². The van der Waals surface area contributed by atoms with Gasteiger partial charge in [-0.05, 0) is 177 Å². The number of benzene rings is 5. The molecule has 90 heavy (non-hydrogen) atoms. The summed E-state index contributed by atoms with van der Waals surface area (Å²) in [4.78, 5) is 71.8. The van der Waals surface area contributed by atoms with Crippen LogP contribution in [-0.2, 0) is 107 Å². The number of phenols is 5. The minimum atomic E-state index is -1.77. The van der Waals surface area contributed by atoms with E-state index < -0.39 is 88.4 Å². The minimum absolute atomic E-state index is 0.126. The van der Waals surface area contributed by atoms with Crippen LogP contribution in [0.2, 0.25) is 0 Å². The first-order valence-electron chi connectivity index (χ1n) is 31.5. The number of ether oxygens (including phenoxy) is 5. The molecule has 0 heterocycles. The van der Waals surface area contributed by atoms with Crippen molar-refractivity contribution in [3.8, 4) is 28.7 Å². The summed E-state index contributed by atoms with van der Waals surface area (Å²) < 4.78 is 30.9. The largest absolute Gasteiger partial charge is 0.507 e. The molecule has 5 aromatic carbocycles. The number of rotatable bonds is 24. The number of carbonyl (C=O) groups excluding carboxylic acids is 5. The van der Waals surface area contributed by atoms with Crippen molar-refractivity contribution < 1.29 is 73.2 Å². The molecule has 5 N–H and O–H groups in total. The normalized spacial score (nSPS) is 13.3. The molecular formula is C75H102O15. The van der Waals surface area contributed by atoms with E-state index in [1.165, 1.54) is 0 Å². The molecule has 5 aromatic rings. The first-order chi connectivity index (χ1) is 41.4. The van der Waals surface area contributed by atoms with Crippen LogP contribution in [0.5, 0.6) is 28.7 Å². The molecular weight excluding hydrogens is 1140 g/mol. The van der Waals surface area contributed by atoms with Crippen molar-refractivity contribution in [3.63, 3.8) is 0 Å². The fourth-order valence-electron chi connectivity index (χ4n) is 11.0. The van der Waals surface area contributed by atoms with Crippen molar-refractivity contribution in [1.82, 2.24) is 0 Å². The average Bonchev–Trinajstić information content (AvgIpc) is 2.62. The second kappa shape index (κ2) is 29.6. The van der Waals surface area contributed by atoms with Crippen molar-refractivity contribution in [1.29, 1.82) is 0 Å². The molecule has 3 atom stereocenters. The third-order valence-corrected chi connectivity index (χ3v) is 16.3. The van der Waals surface area contributed by atoms with Crippen LogP contribution in [0, 0.1) is 34.6 Å². The predicted molar refractivity (Wildman–Crippen MR) is 351 cm³/mol. The second-order valence-corrected chi connectivity index (χ2v) is 29.7. The summed E-state index contributed by atoms with van der Waals surface area (Å²) in [7, 11) is 0. The molecule has 0 bridgehead atoms. The Kier molecular flexibility index (Phi) is 24.1. The second-order valence-electron chi connectivity index (χ2n) is 29.7. The Hall–Kier alpha value is -7.55. The number of aryl methyl sites for hydroxylation is 10. The molecule has 0 saturated heterocycles. The third kappa shape index (κ3) is 20.5. The molecule has 0 radical (unpaired) electrons. The minimum Gasteiger partial charge on any atom is -0.507 e. The van der Waals surface area contributed by atoms with E-state index in [1.807, 2.05) is 134 Å². The van der Waals surface area contributed by atoms with Crippen LogP contribution in [0.1, 0.15) is 219 Å². The molecule has 0 fully saturated rings. The van der Waals surface area contributed by atoms with E-state index in [1.54, 1.807) is 65.0 Å². The highest BCUT2D eigenvalue weighted by Crippen LogP contribution is 2.39. The van der Waals surface area contributed by atoms with Crippen LogP contribution in [-0.4, -0.2) is 86.9 Å². The Bertz CT molecular complexity index is 3220. The number of carbonyl (C=O) groups is 5. The highest BCUT2D eigenvalue weighted by atomic mass is 16.6. The Morgan fingerprint density at radius 2 is 0.500 bits per heavy atom. The van der Waals surface area contributed by atoms with Crippen molar-refractivity contribution in [3.05, 3.63) is 144 Å². The van der Waals surface area contributed by atoms with Gasteiger partial charge < -0.3 is 49.2 Å². The van der Waals surface area contributed by atoms with Crippen LogP contribution < -0.4 is 0 Å². The number of aromatic hydroxyl groups is 5. The Balaban J connectivity index is 1.61. The van der Waals surface area contributed by atoms with E-state index >= 15 is 0 Å². The van der Waals surface area contributed by atoms with Crippen molar-refractivity contribution in [2.75, 3.05) is 13.2 Å². The number of esters is 5. The molecule has 0 aliphatic carbocycles. The summed E-state index contributed by atoms with van der Waals surface area (Å²) >= 11 is 0. The van der Waals surface area contributed by atoms with Gasteiger partial charge in [0.1, 0.15) is 42.0 Å². The van der Waals surface area contributed by atoms with E-state index in [0.29, 0.717) is 61.2 Å². The summed E-state index contributed by atoms with van der Waals surface area (Å²) in [5, 5.41) is 55.0. The number of hydrogen-bond donors (Lipinski definition) is 5. The first kappa shape index (κ1) is 73.2. The Labute approximate surface area is 534 Å². The fourth-order valence-corrected chi connectivity index (χ4v) is 11.0. The smallest absolute Gasteiger partial charge is 0.306 e. The maximum Gasteiger partial charge on any atom is 0.306 e. The molecule has 0 amide bonds. The molecule has 0 aliphatic heterocycles. The molecule has 0 saturated carbocycles. The predicted octanol–water partition coefficient (Wildman–Crippen LogP) is 14.5. The van der Waals surface area contributed by atoms with Crippen LogP contribution in [0.3, 0.4) is 0 Å². The lowest BCUT2D eigenvalue weighted by Gasteiger charge is -2.32. The van der Waals surface area contributed by atoms with Gasteiger partial charge in [0.2, 0.25) is 0 Å².